The topological polar surface area (TPSA) is 17.1 Å². The lowest BCUT2D eigenvalue weighted by molar-refractivity contribution is 0.1000. The van der Waals surface area contributed by atoms with Gasteiger partial charge in [0.2, 0.25) is 0 Å². The molecule has 14 heavy (non-hydrogen) atoms. The minimum Gasteiger partial charge on any atom is -0.294 e. The number of Topliss-reactive ketones (excluding diaryl/α,β-unsaturated/α-hetero) is 1. The Kier molecular flexibility index (Phi) is 1.48. The first-order chi connectivity index (χ1) is 6.77. The van der Waals surface area contributed by atoms with Gasteiger partial charge in [0.1, 0.15) is 0 Å². The van der Waals surface area contributed by atoms with Crippen LogP contribution in [0.4, 0.5) is 0 Å². The monoisotopic (exact) mass is 202 g/mol. The molecule has 68 valence electrons. The fraction of sp³-hybridized carbons (Fsp3) is 0.0833. The molecular formula is C12H7ClO. The summed E-state index contributed by atoms with van der Waals surface area (Å²) in [6, 6.07) is 9.53. The van der Waals surface area contributed by atoms with Crippen LogP contribution < -0.4 is 0 Å². The SMILES string of the molecule is O=C1Cc2cccc3c(Cl)ccc1c23. The van der Waals surface area contributed by atoms with Crippen LogP contribution >= 0.6 is 11.6 Å². The molecule has 0 N–H and O–H groups in total. The molecule has 2 aromatic carbocycles. The maximum Gasteiger partial charge on any atom is 0.167 e. The first kappa shape index (κ1) is 8.01. The Labute approximate surface area is 86.3 Å². The number of halogens is 1. The van der Waals surface area contributed by atoms with E-state index in [0.29, 0.717) is 6.42 Å². The highest BCUT2D eigenvalue weighted by Gasteiger charge is 2.21. The molecule has 0 bridgehead atoms. The average Bonchev–Trinajstić information content (AvgIpc) is 2.50. The Balaban J connectivity index is 2.59. The largest absolute Gasteiger partial charge is 0.294 e. The summed E-state index contributed by atoms with van der Waals surface area (Å²) >= 11 is 6.07. The van der Waals surface area contributed by atoms with Crippen LogP contribution in [0.5, 0.6) is 0 Å². The lowest BCUT2D eigenvalue weighted by Crippen LogP contribution is -1.93. The van der Waals surface area contributed by atoms with Crippen molar-refractivity contribution in [3.63, 3.8) is 0 Å². The normalized spacial score (nSPS) is 13.9. The zero-order valence-corrected chi connectivity index (χ0v) is 8.14. The van der Waals surface area contributed by atoms with Crippen molar-refractivity contribution in [1.82, 2.24) is 0 Å². The van der Waals surface area contributed by atoms with Gasteiger partial charge in [0, 0.05) is 22.4 Å². The molecule has 0 aromatic heterocycles. The molecule has 1 aliphatic rings. The molecule has 1 aliphatic carbocycles. The van der Waals surface area contributed by atoms with Gasteiger partial charge in [-0.1, -0.05) is 29.8 Å². The summed E-state index contributed by atoms with van der Waals surface area (Å²) in [5.74, 6) is 0.202. The van der Waals surface area contributed by atoms with Gasteiger partial charge in [0.15, 0.2) is 5.78 Å². The Morgan fingerprint density at radius 2 is 2.00 bits per heavy atom. The third kappa shape index (κ3) is 0.878. The van der Waals surface area contributed by atoms with Crippen molar-refractivity contribution < 1.29 is 4.79 Å². The molecule has 0 amide bonds. The van der Waals surface area contributed by atoms with Crippen LogP contribution in [0, 0.1) is 0 Å². The zero-order valence-electron chi connectivity index (χ0n) is 7.38. The summed E-state index contributed by atoms with van der Waals surface area (Å²) in [5.41, 5.74) is 1.92. The first-order valence-electron chi connectivity index (χ1n) is 4.50. The fourth-order valence-corrected chi connectivity index (χ4v) is 2.32. The molecule has 2 aromatic rings. The zero-order chi connectivity index (χ0) is 9.71. The molecule has 0 aliphatic heterocycles. The smallest absolute Gasteiger partial charge is 0.167 e. The van der Waals surface area contributed by atoms with Gasteiger partial charge in [0.05, 0.1) is 0 Å². The van der Waals surface area contributed by atoms with Crippen molar-refractivity contribution in [1.29, 1.82) is 0 Å². The quantitative estimate of drug-likeness (QED) is 0.641. The van der Waals surface area contributed by atoms with Crippen LogP contribution in [0.15, 0.2) is 30.3 Å². The summed E-state index contributed by atoms with van der Waals surface area (Å²) in [6.45, 7) is 0. The van der Waals surface area contributed by atoms with Gasteiger partial charge >= 0.3 is 0 Å². The number of hydrogen-bond donors (Lipinski definition) is 0. The molecule has 0 atom stereocenters. The Bertz CT molecular complexity index is 557. The van der Waals surface area contributed by atoms with Crippen LogP contribution in [-0.4, -0.2) is 5.78 Å². The van der Waals surface area contributed by atoms with E-state index in [2.05, 4.69) is 0 Å². The molecule has 0 fully saturated rings. The summed E-state index contributed by atoms with van der Waals surface area (Å²) in [5, 5.41) is 2.76. The van der Waals surface area contributed by atoms with Gasteiger partial charge in [-0.25, -0.2) is 0 Å². The Morgan fingerprint density at radius 3 is 2.86 bits per heavy atom. The summed E-state index contributed by atoms with van der Waals surface area (Å²) in [6.07, 6.45) is 0.521. The van der Waals surface area contributed by atoms with E-state index in [1.165, 1.54) is 0 Å². The highest BCUT2D eigenvalue weighted by atomic mass is 35.5. The maximum absolute atomic E-state index is 11.6. The lowest BCUT2D eigenvalue weighted by Gasteiger charge is -2.01. The molecule has 0 saturated carbocycles. The summed E-state index contributed by atoms with van der Waals surface area (Å²) in [7, 11) is 0. The van der Waals surface area contributed by atoms with Crippen LogP contribution in [0.3, 0.4) is 0 Å². The van der Waals surface area contributed by atoms with Crippen LogP contribution in [0.2, 0.25) is 5.02 Å². The van der Waals surface area contributed by atoms with Crippen LogP contribution in [0.25, 0.3) is 10.8 Å². The number of carbonyl (C=O) groups excluding carboxylic acids is 1. The van der Waals surface area contributed by atoms with E-state index >= 15 is 0 Å². The summed E-state index contributed by atoms with van der Waals surface area (Å²) in [4.78, 5) is 11.6. The molecule has 0 spiro atoms. The highest BCUT2D eigenvalue weighted by molar-refractivity contribution is 6.36. The van der Waals surface area contributed by atoms with Gasteiger partial charge in [-0.2, -0.15) is 0 Å². The number of ketones is 1. The molecular weight excluding hydrogens is 196 g/mol. The van der Waals surface area contributed by atoms with Crippen molar-refractivity contribution >= 4 is 28.2 Å². The van der Waals surface area contributed by atoms with Crippen LogP contribution in [-0.2, 0) is 6.42 Å². The van der Waals surface area contributed by atoms with E-state index in [0.717, 1.165) is 26.9 Å². The van der Waals surface area contributed by atoms with E-state index in [1.54, 1.807) is 6.07 Å². The second kappa shape index (κ2) is 2.58. The minimum absolute atomic E-state index is 0.202. The average molecular weight is 203 g/mol. The fourth-order valence-electron chi connectivity index (χ4n) is 2.09. The van der Waals surface area contributed by atoms with E-state index < -0.39 is 0 Å². The lowest BCUT2D eigenvalue weighted by atomic mass is 10.1. The number of rotatable bonds is 0. The molecule has 0 unspecified atom stereocenters. The summed E-state index contributed by atoms with van der Waals surface area (Å²) < 4.78 is 0. The van der Waals surface area contributed by atoms with Gasteiger partial charge in [-0.05, 0) is 23.1 Å². The highest BCUT2D eigenvalue weighted by Crippen LogP contribution is 2.34. The molecule has 3 rings (SSSR count). The Morgan fingerprint density at radius 1 is 1.14 bits per heavy atom. The predicted molar refractivity (Wildman–Crippen MR) is 57.0 cm³/mol. The van der Waals surface area contributed by atoms with E-state index in [9.17, 15) is 4.79 Å². The van der Waals surface area contributed by atoms with E-state index in [4.69, 9.17) is 11.6 Å². The Hall–Kier alpha value is -1.34. The predicted octanol–water partition coefficient (Wildman–Crippen LogP) is 3.23. The third-order valence-corrected chi connectivity index (χ3v) is 3.05. The van der Waals surface area contributed by atoms with Crippen molar-refractivity contribution in [3.05, 3.63) is 46.5 Å². The molecule has 2 heteroatoms. The van der Waals surface area contributed by atoms with E-state index in [-0.39, 0.29) is 5.78 Å². The maximum atomic E-state index is 11.6. The second-order valence-electron chi connectivity index (χ2n) is 3.53. The number of hydrogen-bond acceptors (Lipinski definition) is 1. The standard InChI is InChI=1S/C12H7ClO/c13-10-5-4-9-11(14)6-7-2-1-3-8(10)12(7)9/h1-5H,6H2. The molecule has 0 saturated heterocycles. The molecule has 0 heterocycles. The second-order valence-corrected chi connectivity index (χ2v) is 3.94. The van der Waals surface area contributed by atoms with E-state index in [1.807, 2.05) is 24.3 Å². The van der Waals surface area contributed by atoms with Gasteiger partial charge in [-0.3, -0.25) is 4.79 Å². The number of carbonyl (C=O) groups is 1. The van der Waals surface area contributed by atoms with Crippen molar-refractivity contribution in [2.45, 2.75) is 6.42 Å². The molecule has 1 nitrogen and oxygen atoms in total. The first-order valence-corrected chi connectivity index (χ1v) is 4.88. The van der Waals surface area contributed by atoms with Gasteiger partial charge < -0.3 is 0 Å². The van der Waals surface area contributed by atoms with Gasteiger partial charge in [-0.15, -0.1) is 0 Å². The van der Waals surface area contributed by atoms with Crippen molar-refractivity contribution in [3.8, 4) is 0 Å². The molecule has 0 radical (unpaired) electrons. The van der Waals surface area contributed by atoms with Crippen LogP contribution in [0.1, 0.15) is 15.9 Å². The van der Waals surface area contributed by atoms with Gasteiger partial charge in [0.25, 0.3) is 0 Å². The van der Waals surface area contributed by atoms with Crippen molar-refractivity contribution in [2.24, 2.45) is 0 Å². The third-order valence-electron chi connectivity index (χ3n) is 2.73. The number of benzene rings is 2. The minimum atomic E-state index is 0.202. The van der Waals surface area contributed by atoms with Crippen molar-refractivity contribution in [2.75, 3.05) is 0 Å².